The minimum absolute atomic E-state index is 0.311. The number of benzene rings is 1. The van der Waals surface area contributed by atoms with Crippen LogP contribution in [0.15, 0.2) is 24.3 Å². The van der Waals surface area contributed by atoms with E-state index in [4.69, 9.17) is 0 Å². The zero-order valence-electron chi connectivity index (χ0n) is 9.06. The van der Waals surface area contributed by atoms with Crippen LogP contribution in [-0.2, 0) is 11.2 Å². The van der Waals surface area contributed by atoms with Crippen molar-refractivity contribution in [3.05, 3.63) is 35.4 Å². The summed E-state index contributed by atoms with van der Waals surface area (Å²) in [6.07, 6.45) is 1.05. The van der Waals surface area contributed by atoms with Crippen molar-refractivity contribution in [1.82, 2.24) is 0 Å². The molecule has 0 aromatic heterocycles. The average molecular weight is 208 g/mol. The number of carbonyl (C=O) groups is 1. The molecule has 0 aliphatic carbocycles. The predicted molar refractivity (Wildman–Crippen MR) is 57.8 cm³/mol. The lowest BCUT2D eigenvalue weighted by molar-refractivity contribution is 0.0600. The Bertz CT molecular complexity index is 316. The van der Waals surface area contributed by atoms with E-state index >= 15 is 0 Å². The van der Waals surface area contributed by atoms with Crippen LogP contribution in [0.2, 0.25) is 0 Å². The molecular formula is C12H16O3. The van der Waals surface area contributed by atoms with Crippen molar-refractivity contribution in [2.75, 3.05) is 7.11 Å². The van der Waals surface area contributed by atoms with Gasteiger partial charge in [-0.2, -0.15) is 0 Å². The normalized spacial score (nSPS) is 12.2. The molecule has 0 spiro atoms. The number of esters is 1. The molecule has 82 valence electrons. The topological polar surface area (TPSA) is 46.5 Å². The summed E-state index contributed by atoms with van der Waals surface area (Å²) in [5, 5.41) is 9.44. The summed E-state index contributed by atoms with van der Waals surface area (Å²) in [5.74, 6) is -0.336. The van der Waals surface area contributed by atoms with Gasteiger partial charge in [0.05, 0.1) is 18.8 Å². The number of aliphatic hydroxyl groups excluding tert-OH is 1. The number of methoxy groups -OCH3 is 1. The van der Waals surface area contributed by atoms with Crippen LogP contribution in [-0.4, -0.2) is 24.3 Å². The Labute approximate surface area is 89.7 Å². The predicted octanol–water partition coefficient (Wildman–Crippen LogP) is 1.79. The second-order valence-electron chi connectivity index (χ2n) is 3.45. The van der Waals surface area contributed by atoms with Crippen molar-refractivity contribution in [2.24, 2.45) is 0 Å². The van der Waals surface area contributed by atoms with Gasteiger partial charge in [0.1, 0.15) is 0 Å². The first kappa shape index (κ1) is 11.7. The molecule has 3 heteroatoms. The van der Waals surface area contributed by atoms with Gasteiger partial charge in [-0.15, -0.1) is 0 Å². The first-order chi connectivity index (χ1) is 7.17. The Hall–Kier alpha value is -1.35. The van der Waals surface area contributed by atoms with E-state index in [2.05, 4.69) is 4.74 Å². The van der Waals surface area contributed by atoms with Crippen LogP contribution in [0.5, 0.6) is 0 Å². The summed E-state index contributed by atoms with van der Waals surface area (Å²) >= 11 is 0. The molecule has 0 radical (unpaired) electrons. The van der Waals surface area contributed by atoms with Crippen molar-refractivity contribution in [3.8, 4) is 0 Å². The molecule has 1 rings (SSSR count). The van der Waals surface area contributed by atoms with E-state index in [0.29, 0.717) is 12.0 Å². The second-order valence-corrected chi connectivity index (χ2v) is 3.45. The quantitative estimate of drug-likeness (QED) is 0.767. The molecule has 0 aliphatic rings. The molecule has 1 aromatic rings. The second kappa shape index (κ2) is 5.51. The molecule has 0 aliphatic heterocycles. The number of aliphatic hydroxyl groups is 1. The van der Waals surface area contributed by atoms with Gasteiger partial charge >= 0.3 is 5.97 Å². The van der Waals surface area contributed by atoms with Crippen molar-refractivity contribution in [1.29, 1.82) is 0 Å². The highest BCUT2D eigenvalue weighted by molar-refractivity contribution is 5.89. The fraction of sp³-hybridized carbons (Fsp3) is 0.417. The summed E-state index contributed by atoms with van der Waals surface area (Å²) < 4.78 is 4.59. The molecule has 0 fully saturated rings. The zero-order valence-corrected chi connectivity index (χ0v) is 9.06. The fourth-order valence-electron chi connectivity index (χ4n) is 1.31. The van der Waals surface area contributed by atoms with Crippen molar-refractivity contribution in [2.45, 2.75) is 25.9 Å². The van der Waals surface area contributed by atoms with Crippen molar-refractivity contribution >= 4 is 5.97 Å². The smallest absolute Gasteiger partial charge is 0.337 e. The third kappa shape index (κ3) is 3.36. The monoisotopic (exact) mass is 208 g/mol. The number of rotatable bonds is 4. The highest BCUT2D eigenvalue weighted by Crippen LogP contribution is 2.09. The maximum atomic E-state index is 11.1. The summed E-state index contributed by atoms with van der Waals surface area (Å²) in [6, 6.07) is 7.10. The number of hydrogen-bond acceptors (Lipinski definition) is 3. The van der Waals surface area contributed by atoms with Gasteiger partial charge in [0.25, 0.3) is 0 Å². The number of hydrogen-bond donors (Lipinski definition) is 1. The van der Waals surface area contributed by atoms with Gasteiger partial charge in [-0.25, -0.2) is 4.79 Å². The lowest BCUT2D eigenvalue weighted by atomic mass is 10.0. The maximum absolute atomic E-state index is 11.1. The molecule has 1 atom stereocenters. The fourth-order valence-corrected chi connectivity index (χ4v) is 1.31. The highest BCUT2D eigenvalue weighted by atomic mass is 16.5. The van der Waals surface area contributed by atoms with E-state index in [0.717, 1.165) is 12.0 Å². The van der Waals surface area contributed by atoms with Crippen LogP contribution in [0, 0.1) is 0 Å². The first-order valence-electron chi connectivity index (χ1n) is 5.02. The van der Waals surface area contributed by atoms with E-state index in [9.17, 15) is 9.90 Å². The van der Waals surface area contributed by atoms with Gasteiger partial charge in [-0.05, 0) is 30.5 Å². The number of ether oxygens (including phenoxy) is 1. The first-order valence-corrected chi connectivity index (χ1v) is 5.02. The molecular weight excluding hydrogens is 192 g/mol. The summed E-state index contributed by atoms with van der Waals surface area (Å²) in [4.78, 5) is 11.1. The summed E-state index contributed by atoms with van der Waals surface area (Å²) in [6.45, 7) is 1.94. The Morgan fingerprint density at radius 3 is 2.47 bits per heavy atom. The Balaban J connectivity index is 2.68. The third-order valence-corrected chi connectivity index (χ3v) is 2.32. The standard InChI is InChI=1S/C12H16O3/c1-3-11(13)8-9-4-6-10(7-5-9)12(14)15-2/h4-7,11,13H,3,8H2,1-2H3. The lowest BCUT2D eigenvalue weighted by Crippen LogP contribution is -2.08. The van der Waals surface area contributed by atoms with E-state index < -0.39 is 0 Å². The SMILES string of the molecule is CCC(O)Cc1ccc(C(=O)OC)cc1. The Kier molecular flexibility index (Phi) is 4.31. The van der Waals surface area contributed by atoms with Crippen LogP contribution in [0.4, 0.5) is 0 Å². The molecule has 1 N–H and O–H groups in total. The van der Waals surface area contributed by atoms with Gasteiger partial charge in [0.15, 0.2) is 0 Å². The van der Waals surface area contributed by atoms with Crippen molar-refractivity contribution in [3.63, 3.8) is 0 Å². The minimum atomic E-state index is -0.336. The van der Waals surface area contributed by atoms with Crippen LogP contribution in [0.1, 0.15) is 29.3 Å². The van der Waals surface area contributed by atoms with E-state index in [1.54, 1.807) is 12.1 Å². The summed E-state index contributed by atoms with van der Waals surface area (Å²) in [5.41, 5.74) is 1.56. The minimum Gasteiger partial charge on any atom is -0.465 e. The molecule has 3 nitrogen and oxygen atoms in total. The molecule has 0 amide bonds. The largest absolute Gasteiger partial charge is 0.465 e. The van der Waals surface area contributed by atoms with E-state index in [-0.39, 0.29) is 12.1 Å². The van der Waals surface area contributed by atoms with E-state index in [1.165, 1.54) is 7.11 Å². The van der Waals surface area contributed by atoms with Crippen LogP contribution < -0.4 is 0 Å². The van der Waals surface area contributed by atoms with Gasteiger partial charge in [-0.1, -0.05) is 19.1 Å². The highest BCUT2D eigenvalue weighted by Gasteiger charge is 2.06. The Morgan fingerprint density at radius 1 is 1.40 bits per heavy atom. The average Bonchev–Trinajstić information content (AvgIpc) is 2.29. The van der Waals surface area contributed by atoms with Gasteiger partial charge in [-0.3, -0.25) is 0 Å². The molecule has 15 heavy (non-hydrogen) atoms. The van der Waals surface area contributed by atoms with Crippen LogP contribution in [0.25, 0.3) is 0 Å². The van der Waals surface area contributed by atoms with Crippen LogP contribution in [0.3, 0.4) is 0 Å². The van der Waals surface area contributed by atoms with Gasteiger partial charge in [0.2, 0.25) is 0 Å². The molecule has 1 aromatic carbocycles. The molecule has 0 saturated carbocycles. The molecule has 0 bridgehead atoms. The van der Waals surface area contributed by atoms with Gasteiger partial charge in [0, 0.05) is 0 Å². The molecule has 1 unspecified atom stereocenters. The van der Waals surface area contributed by atoms with Crippen LogP contribution >= 0.6 is 0 Å². The summed E-state index contributed by atoms with van der Waals surface area (Å²) in [7, 11) is 1.36. The lowest BCUT2D eigenvalue weighted by Gasteiger charge is -2.07. The number of carbonyl (C=O) groups excluding carboxylic acids is 1. The molecule has 0 saturated heterocycles. The van der Waals surface area contributed by atoms with Crippen molar-refractivity contribution < 1.29 is 14.6 Å². The maximum Gasteiger partial charge on any atom is 0.337 e. The van der Waals surface area contributed by atoms with E-state index in [1.807, 2.05) is 19.1 Å². The molecule has 0 heterocycles. The van der Waals surface area contributed by atoms with Gasteiger partial charge < -0.3 is 9.84 Å². The third-order valence-electron chi connectivity index (χ3n) is 2.32. The Morgan fingerprint density at radius 2 is 2.00 bits per heavy atom. The zero-order chi connectivity index (χ0) is 11.3.